The van der Waals surface area contributed by atoms with Crippen molar-refractivity contribution in [1.82, 2.24) is 10.3 Å². The van der Waals surface area contributed by atoms with E-state index in [-0.39, 0.29) is 71.9 Å². The van der Waals surface area contributed by atoms with Crippen molar-refractivity contribution in [1.29, 1.82) is 0 Å². The average Bonchev–Trinajstić information content (AvgIpc) is 3.43. The zero-order chi connectivity index (χ0) is 28.8. The molecule has 1 aromatic heterocycles. The minimum Gasteiger partial charge on any atom is -0.506 e. The number of nitrogens with one attached hydrogen (secondary N) is 2. The largest absolute Gasteiger partial charge is 0.506 e. The SMILES string of the molecule is CCOC(=O)c1c[nH]c(=O)c([C@@H](CC(=O)NCCc2ccc(F)cc2)c2cc(OC)c3c(c2OC)OCO3)c1O. The molecule has 40 heavy (non-hydrogen) atoms. The van der Waals surface area contributed by atoms with Crippen LogP contribution in [-0.4, -0.2) is 56.1 Å². The van der Waals surface area contributed by atoms with E-state index >= 15 is 0 Å². The van der Waals surface area contributed by atoms with Crippen LogP contribution in [0.4, 0.5) is 4.39 Å². The summed E-state index contributed by atoms with van der Waals surface area (Å²) in [5, 5.41) is 13.9. The number of hydrogen-bond donors (Lipinski definition) is 3. The first kappa shape index (κ1) is 28.3. The van der Waals surface area contributed by atoms with Crippen LogP contribution in [0.1, 0.15) is 46.3 Å². The molecular weight excluding hydrogens is 527 g/mol. The second kappa shape index (κ2) is 12.4. The Morgan fingerprint density at radius 2 is 1.88 bits per heavy atom. The lowest BCUT2D eigenvalue weighted by Crippen LogP contribution is -2.29. The molecule has 2 aromatic carbocycles. The molecule has 3 N–H and O–H groups in total. The van der Waals surface area contributed by atoms with E-state index in [2.05, 4.69) is 10.3 Å². The first-order chi connectivity index (χ1) is 19.3. The van der Waals surface area contributed by atoms with Gasteiger partial charge in [0.15, 0.2) is 11.5 Å². The van der Waals surface area contributed by atoms with Gasteiger partial charge in [-0.05, 0) is 37.1 Å². The highest BCUT2D eigenvalue weighted by Gasteiger charge is 2.35. The molecule has 1 atom stereocenters. The third kappa shape index (κ3) is 5.80. The summed E-state index contributed by atoms with van der Waals surface area (Å²) >= 11 is 0. The second-order valence-electron chi connectivity index (χ2n) is 8.76. The number of benzene rings is 2. The Morgan fingerprint density at radius 3 is 2.55 bits per heavy atom. The van der Waals surface area contributed by atoms with Crippen molar-refractivity contribution in [2.75, 3.05) is 34.2 Å². The van der Waals surface area contributed by atoms with Crippen molar-refractivity contribution >= 4 is 11.9 Å². The molecule has 0 saturated heterocycles. The van der Waals surface area contributed by atoms with Crippen LogP contribution in [0.2, 0.25) is 0 Å². The summed E-state index contributed by atoms with van der Waals surface area (Å²) in [4.78, 5) is 41.3. The number of carbonyl (C=O) groups excluding carboxylic acids is 2. The number of carbonyl (C=O) groups is 2. The summed E-state index contributed by atoms with van der Waals surface area (Å²) in [5.41, 5.74) is -0.160. The number of hydrogen-bond acceptors (Lipinski definition) is 9. The number of esters is 1. The zero-order valence-corrected chi connectivity index (χ0v) is 22.2. The molecule has 0 radical (unpaired) electrons. The van der Waals surface area contributed by atoms with E-state index < -0.39 is 29.1 Å². The number of methoxy groups -OCH3 is 2. The van der Waals surface area contributed by atoms with Gasteiger partial charge in [0, 0.05) is 30.6 Å². The van der Waals surface area contributed by atoms with E-state index in [1.807, 2.05) is 0 Å². The fourth-order valence-electron chi connectivity index (χ4n) is 4.50. The molecule has 212 valence electrons. The summed E-state index contributed by atoms with van der Waals surface area (Å²) in [6, 6.07) is 7.42. The van der Waals surface area contributed by atoms with Gasteiger partial charge in [-0.2, -0.15) is 0 Å². The molecule has 0 spiro atoms. The highest BCUT2D eigenvalue weighted by molar-refractivity contribution is 5.92. The number of aromatic amines is 1. The number of pyridine rings is 1. The molecule has 12 heteroatoms. The predicted octanol–water partition coefficient (Wildman–Crippen LogP) is 3.02. The Kier molecular flexibility index (Phi) is 8.77. The van der Waals surface area contributed by atoms with E-state index in [0.717, 1.165) is 11.8 Å². The van der Waals surface area contributed by atoms with Crippen LogP contribution in [0, 0.1) is 5.82 Å². The van der Waals surface area contributed by atoms with Gasteiger partial charge in [0.05, 0.1) is 26.4 Å². The maximum atomic E-state index is 13.2. The quantitative estimate of drug-likeness (QED) is 0.304. The van der Waals surface area contributed by atoms with Crippen molar-refractivity contribution in [3.63, 3.8) is 0 Å². The maximum absolute atomic E-state index is 13.2. The topological polar surface area (TPSA) is 145 Å². The molecule has 2 heterocycles. The van der Waals surface area contributed by atoms with Gasteiger partial charge < -0.3 is 39.1 Å². The standard InChI is InChI=1S/C28H29FN2O9/c1-4-38-28(35)19-13-31-27(34)22(23(19)33)17(12-21(32)30-10-9-15-5-7-16(29)8-6-15)18-11-20(36-2)25-26(24(18)37-3)40-14-39-25/h5-8,11,13,17H,4,9-10,12,14H2,1-3H3,(H,30,32)(H2,31,33,34)/t17-/m0/s1. The normalized spacial score (nSPS) is 12.5. The van der Waals surface area contributed by atoms with E-state index in [9.17, 15) is 23.9 Å². The van der Waals surface area contributed by atoms with Crippen LogP contribution in [0.25, 0.3) is 0 Å². The van der Waals surface area contributed by atoms with Crippen LogP contribution in [0.15, 0.2) is 41.3 Å². The first-order valence-corrected chi connectivity index (χ1v) is 12.5. The second-order valence-corrected chi connectivity index (χ2v) is 8.76. The Hall–Kier alpha value is -4.74. The molecule has 1 aliphatic rings. The van der Waals surface area contributed by atoms with Crippen LogP contribution in [-0.2, 0) is 16.0 Å². The molecule has 4 rings (SSSR count). The molecule has 0 bridgehead atoms. The minimum absolute atomic E-state index is 0.0415. The highest BCUT2D eigenvalue weighted by atomic mass is 19.1. The summed E-state index contributed by atoms with van der Waals surface area (Å²) in [5.74, 6) is -2.53. The van der Waals surface area contributed by atoms with Crippen molar-refractivity contribution < 1.29 is 42.8 Å². The maximum Gasteiger partial charge on any atom is 0.343 e. The van der Waals surface area contributed by atoms with Gasteiger partial charge in [-0.3, -0.25) is 9.59 Å². The number of aromatic nitrogens is 1. The van der Waals surface area contributed by atoms with Crippen molar-refractivity contribution in [3.05, 3.63) is 75.0 Å². The zero-order valence-electron chi connectivity index (χ0n) is 22.2. The van der Waals surface area contributed by atoms with Gasteiger partial charge in [0.1, 0.15) is 17.1 Å². The lowest BCUT2D eigenvalue weighted by molar-refractivity contribution is -0.121. The smallest absolute Gasteiger partial charge is 0.343 e. The number of aromatic hydroxyl groups is 1. The first-order valence-electron chi connectivity index (χ1n) is 12.5. The van der Waals surface area contributed by atoms with Gasteiger partial charge in [-0.25, -0.2) is 9.18 Å². The number of H-pyrrole nitrogens is 1. The van der Waals surface area contributed by atoms with Crippen LogP contribution in [0.5, 0.6) is 28.7 Å². The summed E-state index contributed by atoms with van der Waals surface area (Å²) in [6.45, 7) is 1.76. The van der Waals surface area contributed by atoms with Crippen LogP contribution in [0.3, 0.4) is 0 Å². The van der Waals surface area contributed by atoms with Crippen LogP contribution < -0.4 is 29.8 Å². The molecule has 1 aliphatic heterocycles. The average molecular weight is 557 g/mol. The molecule has 3 aromatic rings. The van der Waals surface area contributed by atoms with E-state index in [4.69, 9.17) is 23.7 Å². The molecule has 1 amide bonds. The van der Waals surface area contributed by atoms with Gasteiger partial charge in [0.2, 0.25) is 24.2 Å². The monoisotopic (exact) mass is 556 g/mol. The molecular formula is C28H29FN2O9. The lowest BCUT2D eigenvalue weighted by atomic mass is 9.86. The van der Waals surface area contributed by atoms with Crippen molar-refractivity contribution in [2.24, 2.45) is 0 Å². The minimum atomic E-state index is -1.12. The Balaban J connectivity index is 1.75. The predicted molar refractivity (Wildman–Crippen MR) is 140 cm³/mol. The van der Waals surface area contributed by atoms with E-state index in [1.54, 1.807) is 19.1 Å². The Bertz CT molecular complexity index is 1450. The number of halogens is 1. The van der Waals surface area contributed by atoms with E-state index in [1.165, 1.54) is 32.4 Å². The fourth-order valence-corrected chi connectivity index (χ4v) is 4.50. The molecule has 0 saturated carbocycles. The number of amides is 1. The summed E-state index contributed by atoms with van der Waals surface area (Å²) in [6.07, 6.45) is 1.16. The third-order valence-electron chi connectivity index (χ3n) is 6.38. The van der Waals surface area contributed by atoms with Gasteiger partial charge in [-0.15, -0.1) is 0 Å². The Morgan fingerprint density at radius 1 is 1.15 bits per heavy atom. The fraction of sp³-hybridized carbons (Fsp3) is 0.321. The highest BCUT2D eigenvalue weighted by Crippen LogP contribution is 2.53. The van der Waals surface area contributed by atoms with Crippen molar-refractivity contribution in [3.8, 4) is 28.7 Å². The lowest BCUT2D eigenvalue weighted by Gasteiger charge is -2.23. The van der Waals surface area contributed by atoms with Crippen LogP contribution >= 0.6 is 0 Å². The number of ether oxygens (including phenoxy) is 5. The summed E-state index contributed by atoms with van der Waals surface area (Å²) in [7, 11) is 2.79. The van der Waals surface area contributed by atoms with E-state index in [0.29, 0.717) is 6.42 Å². The third-order valence-corrected chi connectivity index (χ3v) is 6.38. The van der Waals surface area contributed by atoms with Gasteiger partial charge >= 0.3 is 5.97 Å². The van der Waals surface area contributed by atoms with Gasteiger partial charge in [-0.1, -0.05) is 12.1 Å². The molecule has 0 unspecified atom stereocenters. The number of rotatable bonds is 11. The Labute approximate surface area is 228 Å². The van der Waals surface area contributed by atoms with Crippen molar-refractivity contribution in [2.45, 2.75) is 25.7 Å². The molecule has 0 aliphatic carbocycles. The molecule has 0 fully saturated rings. The van der Waals surface area contributed by atoms with Gasteiger partial charge in [0.25, 0.3) is 5.56 Å². The number of fused-ring (bicyclic) bond motifs is 1. The molecule has 11 nitrogen and oxygen atoms in total. The summed E-state index contributed by atoms with van der Waals surface area (Å²) < 4.78 is 40.4.